The van der Waals surface area contributed by atoms with Gasteiger partial charge in [-0.15, -0.1) is 0 Å². The van der Waals surface area contributed by atoms with Crippen molar-refractivity contribution in [2.24, 2.45) is 0 Å². The van der Waals surface area contributed by atoms with Crippen LogP contribution in [0.2, 0.25) is 0 Å². The highest BCUT2D eigenvalue weighted by molar-refractivity contribution is 5.97. The number of aromatic amines is 1. The van der Waals surface area contributed by atoms with Crippen molar-refractivity contribution < 1.29 is 18.9 Å². The molecule has 4 rings (SSSR count). The van der Waals surface area contributed by atoms with Gasteiger partial charge in [0.1, 0.15) is 17.6 Å². The quantitative estimate of drug-likeness (QED) is 0.442. The summed E-state index contributed by atoms with van der Waals surface area (Å²) >= 11 is 0. The average molecular weight is 493 g/mol. The molecule has 0 saturated carbocycles. The highest BCUT2D eigenvalue weighted by Gasteiger charge is 2.31. The fourth-order valence-corrected chi connectivity index (χ4v) is 4.38. The molecule has 0 bridgehead atoms. The minimum atomic E-state index is -1.08. The molecule has 1 fully saturated rings. The maximum Gasteiger partial charge on any atom is 0.274 e. The zero-order valence-electron chi connectivity index (χ0n) is 20.8. The van der Waals surface area contributed by atoms with Crippen LogP contribution in [0.5, 0.6) is 0 Å². The molecule has 0 aliphatic carbocycles. The van der Waals surface area contributed by atoms with Crippen LogP contribution in [0, 0.1) is 6.92 Å². The standard InChI is InChI=1S/C26H32N6O4/c1-16-9-7-8-12-32(16)23(33)14-20(30-26(35)21-13-17(2)36-31-21)25(34)28-18(3)24-27-15-22(29-24)19-10-5-4-6-11-19/h4-6,10-11,13,15-16,18,20H,7-9,12,14H2,1-3H3,(H,27,29)(H,28,34)(H,30,35)/t16?,18-,20-/m0/s1. The number of H-pyrrole nitrogens is 1. The van der Waals surface area contributed by atoms with Crippen LogP contribution in [-0.2, 0) is 9.59 Å². The van der Waals surface area contributed by atoms with Crippen molar-refractivity contribution in [3.05, 3.63) is 59.9 Å². The third-order valence-electron chi connectivity index (χ3n) is 6.43. The monoisotopic (exact) mass is 492 g/mol. The van der Waals surface area contributed by atoms with Crippen LogP contribution in [0.3, 0.4) is 0 Å². The summed E-state index contributed by atoms with van der Waals surface area (Å²) in [5.41, 5.74) is 1.85. The molecule has 3 heterocycles. The summed E-state index contributed by atoms with van der Waals surface area (Å²) in [4.78, 5) is 48.6. The Morgan fingerprint density at radius 3 is 2.67 bits per heavy atom. The lowest BCUT2D eigenvalue weighted by molar-refractivity contribution is -0.137. The second kappa shape index (κ2) is 11.2. The summed E-state index contributed by atoms with van der Waals surface area (Å²) in [5, 5.41) is 9.27. The molecule has 1 aliphatic heterocycles. The number of hydrogen-bond acceptors (Lipinski definition) is 6. The maximum absolute atomic E-state index is 13.3. The van der Waals surface area contributed by atoms with Crippen LogP contribution in [0.15, 0.2) is 47.1 Å². The summed E-state index contributed by atoms with van der Waals surface area (Å²) in [6, 6.07) is 9.75. The molecule has 10 nitrogen and oxygen atoms in total. The number of benzene rings is 1. The smallest absolute Gasteiger partial charge is 0.274 e. The van der Waals surface area contributed by atoms with E-state index in [1.807, 2.05) is 37.3 Å². The highest BCUT2D eigenvalue weighted by Crippen LogP contribution is 2.20. The molecule has 3 atom stereocenters. The molecule has 3 aromatic rings. The molecule has 1 saturated heterocycles. The maximum atomic E-state index is 13.3. The van der Waals surface area contributed by atoms with E-state index in [1.165, 1.54) is 6.07 Å². The Balaban J connectivity index is 1.47. The number of carbonyl (C=O) groups is 3. The molecule has 3 N–H and O–H groups in total. The Bertz CT molecular complexity index is 1200. The molecule has 1 aromatic carbocycles. The number of aromatic nitrogens is 3. The Kier molecular flexibility index (Phi) is 7.82. The summed E-state index contributed by atoms with van der Waals surface area (Å²) in [6.45, 7) is 6.12. The number of amides is 3. The zero-order chi connectivity index (χ0) is 25.7. The van der Waals surface area contributed by atoms with Gasteiger partial charge in [0.05, 0.1) is 24.4 Å². The van der Waals surface area contributed by atoms with Crippen molar-refractivity contribution in [1.29, 1.82) is 0 Å². The van der Waals surface area contributed by atoms with Crippen molar-refractivity contribution in [1.82, 2.24) is 30.7 Å². The van der Waals surface area contributed by atoms with Gasteiger partial charge in [0, 0.05) is 18.7 Å². The minimum absolute atomic E-state index is 0.0516. The highest BCUT2D eigenvalue weighted by atomic mass is 16.5. The predicted molar refractivity (Wildman–Crippen MR) is 133 cm³/mol. The van der Waals surface area contributed by atoms with E-state index in [0.717, 1.165) is 30.5 Å². The van der Waals surface area contributed by atoms with Crippen molar-refractivity contribution in [3.8, 4) is 11.3 Å². The SMILES string of the molecule is Cc1cc(C(=O)N[C@@H](CC(=O)N2CCCCC2C)C(=O)N[C@@H](C)c2ncc(-c3ccccc3)[nH]2)no1. The Morgan fingerprint density at radius 1 is 1.19 bits per heavy atom. The Hall–Kier alpha value is -3.95. The van der Waals surface area contributed by atoms with Crippen molar-refractivity contribution >= 4 is 17.7 Å². The van der Waals surface area contributed by atoms with Crippen LogP contribution in [-0.4, -0.2) is 56.4 Å². The van der Waals surface area contributed by atoms with Gasteiger partial charge in [0.2, 0.25) is 11.8 Å². The first kappa shape index (κ1) is 25.2. The van der Waals surface area contributed by atoms with Gasteiger partial charge in [0.15, 0.2) is 5.69 Å². The number of carbonyl (C=O) groups excluding carboxylic acids is 3. The number of likely N-dealkylation sites (tertiary alicyclic amines) is 1. The molecule has 0 spiro atoms. The normalized spacial score (nSPS) is 17.3. The summed E-state index contributed by atoms with van der Waals surface area (Å²) < 4.78 is 4.98. The van der Waals surface area contributed by atoms with Crippen LogP contribution in [0.25, 0.3) is 11.3 Å². The summed E-state index contributed by atoms with van der Waals surface area (Å²) in [5.74, 6) is -0.193. The molecule has 36 heavy (non-hydrogen) atoms. The molecule has 1 aliphatic rings. The molecule has 2 aromatic heterocycles. The Morgan fingerprint density at radius 2 is 1.97 bits per heavy atom. The number of aryl methyl sites for hydroxylation is 1. The summed E-state index contributed by atoms with van der Waals surface area (Å²) in [7, 11) is 0. The van der Waals surface area contributed by atoms with Gasteiger partial charge in [-0.2, -0.15) is 0 Å². The number of rotatable bonds is 8. The molecule has 1 unspecified atom stereocenters. The first-order chi connectivity index (χ1) is 17.3. The van der Waals surface area contributed by atoms with Crippen LogP contribution in [0.4, 0.5) is 0 Å². The molecule has 3 amide bonds. The molecule has 190 valence electrons. The largest absolute Gasteiger partial charge is 0.361 e. The first-order valence-corrected chi connectivity index (χ1v) is 12.3. The predicted octanol–water partition coefficient (Wildman–Crippen LogP) is 3.14. The van der Waals surface area contributed by atoms with E-state index >= 15 is 0 Å². The van der Waals surface area contributed by atoms with Gasteiger partial charge in [-0.25, -0.2) is 4.98 Å². The van der Waals surface area contributed by atoms with Gasteiger partial charge in [0.25, 0.3) is 5.91 Å². The van der Waals surface area contributed by atoms with E-state index in [4.69, 9.17) is 4.52 Å². The van der Waals surface area contributed by atoms with E-state index in [-0.39, 0.29) is 24.1 Å². The fourth-order valence-electron chi connectivity index (χ4n) is 4.38. The second-order valence-electron chi connectivity index (χ2n) is 9.26. The number of piperidine rings is 1. The van der Waals surface area contributed by atoms with Gasteiger partial charge in [-0.05, 0) is 45.6 Å². The zero-order valence-corrected chi connectivity index (χ0v) is 20.8. The number of nitrogens with one attached hydrogen (secondary N) is 3. The lowest BCUT2D eigenvalue weighted by atomic mass is 10.0. The van der Waals surface area contributed by atoms with Crippen molar-refractivity contribution in [2.75, 3.05) is 6.54 Å². The van der Waals surface area contributed by atoms with Gasteiger partial charge < -0.3 is 25.0 Å². The number of imidazole rings is 1. The number of nitrogens with zero attached hydrogens (tertiary/aromatic N) is 3. The Labute approximate surface area is 209 Å². The van der Waals surface area contributed by atoms with Gasteiger partial charge in [-0.1, -0.05) is 35.5 Å². The molecule has 10 heteroatoms. The van der Waals surface area contributed by atoms with Crippen LogP contribution in [0.1, 0.15) is 67.6 Å². The van der Waals surface area contributed by atoms with Crippen LogP contribution < -0.4 is 10.6 Å². The van der Waals surface area contributed by atoms with E-state index in [1.54, 1.807) is 24.9 Å². The second-order valence-corrected chi connectivity index (χ2v) is 9.26. The topological polar surface area (TPSA) is 133 Å². The number of hydrogen-bond donors (Lipinski definition) is 3. The van der Waals surface area contributed by atoms with Gasteiger partial charge >= 0.3 is 0 Å². The van der Waals surface area contributed by atoms with Crippen LogP contribution >= 0.6 is 0 Å². The first-order valence-electron chi connectivity index (χ1n) is 12.3. The lowest BCUT2D eigenvalue weighted by Gasteiger charge is -2.34. The third-order valence-corrected chi connectivity index (χ3v) is 6.43. The minimum Gasteiger partial charge on any atom is -0.361 e. The van der Waals surface area contributed by atoms with Crippen molar-refractivity contribution in [2.45, 2.75) is 64.6 Å². The lowest BCUT2D eigenvalue weighted by Crippen LogP contribution is -2.51. The molecular weight excluding hydrogens is 460 g/mol. The average Bonchev–Trinajstić information content (AvgIpc) is 3.54. The van der Waals surface area contributed by atoms with E-state index < -0.39 is 23.9 Å². The van der Waals surface area contributed by atoms with Crippen molar-refractivity contribution in [3.63, 3.8) is 0 Å². The fraction of sp³-hybridized carbons (Fsp3) is 0.423. The molecule has 0 radical (unpaired) electrons. The van der Waals surface area contributed by atoms with Gasteiger partial charge in [-0.3, -0.25) is 14.4 Å². The van der Waals surface area contributed by atoms with E-state index in [9.17, 15) is 14.4 Å². The van der Waals surface area contributed by atoms with E-state index in [2.05, 4.69) is 25.8 Å². The summed E-state index contributed by atoms with van der Waals surface area (Å²) in [6.07, 6.45) is 4.48. The third kappa shape index (κ3) is 5.99. The van der Waals surface area contributed by atoms with E-state index in [0.29, 0.717) is 18.1 Å². The molecular formula is C26H32N6O4.